The zero-order valence-electron chi connectivity index (χ0n) is 21.0. The van der Waals surface area contributed by atoms with Crippen LogP contribution < -0.4 is 0 Å². The Hall–Kier alpha value is -3.84. The highest BCUT2D eigenvalue weighted by Gasteiger charge is 2.55. The van der Waals surface area contributed by atoms with E-state index in [2.05, 4.69) is 25.4 Å². The molecular weight excluding hydrogens is 565 g/mol. The van der Waals surface area contributed by atoms with Gasteiger partial charge in [-0.25, -0.2) is 9.97 Å². The average molecular weight is 589 g/mol. The molecule has 0 radical (unpaired) electrons. The first-order valence-corrected chi connectivity index (χ1v) is 16.0. The smallest absolute Gasteiger partial charge is 0.208 e. The van der Waals surface area contributed by atoms with Crippen molar-refractivity contribution in [2.24, 2.45) is 0 Å². The standard InChI is InChI=1S/C28H24N6O3S3/c35-19-40(15-13-23(24-29-18-30-32-24)25(40)38-17-22-12-7-14-37-22)28(36,21-10-5-2-6-11-21)26-31-27(34-33-26)39-16-20-8-3-1-4-9-20/h1-15,18-19,36H,16-17H2,(H,29,30,32)(H,31,33,34). The van der Waals surface area contributed by atoms with Crippen LogP contribution in [0.5, 0.6) is 0 Å². The lowest BCUT2D eigenvalue weighted by atomic mass is 10.1. The number of rotatable bonds is 11. The van der Waals surface area contributed by atoms with E-state index in [4.69, 9.17) is 9.40 Å². The summed E-state index contributed by atoms with van der Waals surface area (Å²) in [7, 11) is -2.80. The number of allylic oxidation sites excluding steroid dienone is 2. The van der Waals surface area contributed by atoms with Crippen molar-refractivity contribution >= 4 is 44.7 Å². The number of nitrogens with one attached hydrogen (secondary N) is 2. The first kappa shape index (κ1) is 26.4. The van der Waals surface area contributed by atoms with E-state index in [0.29, 0.717) is 37.9 Å². The molecule has 40 heavy (non-hydrogen) atoms. The largest absolute Gasteiger partial charge is 0.468 e. The molecular formula is C28H24N6O3S3. The van der Waals surface area contributed by atoms with Gasteiger partial charge in [-0.3, -0.25) is 15.0 Å². The van der Waals surface area contributed by atoms with Crippen molar-refractivity contribution in [3.05, 3.63) is 130 Å². The molecule has 0 fully saturated rings. The Kier molecular flexibility index (Phi) is 7.48. The van der Waals surface area contributed by atoms with E-state index in [1.807, 2.05) is 66.7 Å². The van der Waals surface area contributed by atoms with Crippen molar-refractivity contribution in [3.8, 4) is 0 Å². The molecule has 202 valence electrons. The third-order valence-electron chi connectivity index (χ3n) is 6.37. The number of aromatic nitrogens is 6. The predicted molar refractivity (Wildman–Crippen MR) is 159 cm³/mol. The molecule has 5 aromatic rings. The molecule has 0 saturated carbocycles. The van der Waals surface area contributed by atoms with Crippen molar-refractivity contribution < 1.29 is 14.3 Å². The van der Waals surface area contributed by atoms with Crippen LogP contribution in [0.1, 0.15) is 28.5 Å². The Balaban J connectivity index is 1.46. The highest BCUT2D eigenvalue weighted by molar-refractivity contribution is 8.55. The minimum absolute atomic E-state index is 0.191. The SMILES string of the molecule is O=CS1(C(O)(c2ccccc2)c2nc(SCc3ccccc3)n[nH]2)C=CC(c2ncn[nH]2)=C1SCc1ccco1. The van der Waals surface area contributed by atoms with Crippen LogP contribution in [0.25, 0.3) is 5.57 Å². The molecule has 3 aromatic heterocycles. The van der Waals surface area contributed by atoms with Crippen molar-refractivity contribution in [1.29, 1.82) is 0 Å². The fraction of sp³-hybridized carbons (Fsp3) is 0.107. The van der Waals surface area contributed by atoms with E-state index in [1.165, 1.54) is 29.9 Å². The van der Waals surface area contributed by atoms with E-state index in [9.17, 15) is 9.90 Å². The zero-order valence-corrected chi connectivity index (χ0v) is 23.5. The number of hydrogen-bond donors (Lipinski definition) is 3. The quantitative estimate of drug-likeness (QED) is 0.129. The van der Waals surface area contributed by atoms with Crippen molar-refractivity contribution in [3.63, 3.8) is 0 Å². The van der Waals surface area contributed by atoms with Crippen molar-refractivity contribution in [1.82, 2.24) is 30.4 Å². The third kappa shape index (κ3) is 4.73. The minimum Gasteiger partial charge on any atom is -0.468 e. The van der Waals surface area contributed by atoms with Gasteiger partial charge in [-0.1, -0.05) is 82.5 Å². The maximum absolute atomic E-state index is 13.4. The second-order valence-corrected chi connectivity index (χ2v) is 13.8. The molecule has 2 aromatic carbocycles. The van der Waals surface area contributed by atoms with E-state index in [0.717, 1.165) is 16.9 Å². The highest BCUT2D eigenvalue weighted by Crippen LogP contribution is 2.75. The monoisotopic (exact) mass is 588 g/mol. The van der Waals surface area contributed by atoms with Crippen LogP contribution in [0.15, 0.2) is 111 Å². The maximum Gasteiger partial charge on any atom is 0.208 e. The molecule has 9 nitrogen and oxygen atoms in total. The lowest BCUT2D eigenvalue weighted by Crippen LogP contribution is -2.35. The first-order valence-electron chi connectivity index (χ1n) is 12.2. The summed E-state index contributed by atoms with van der Waals surface area (Å²) in [6.07, 6.45) is 4.85. The molecule has 0 bridgehead atoms. The minimum atomic E-state index is -2.80. The first-order chi connectivity index (χ1) is 19.6. The van der Waals surface area contributed by atoms with E-state index >= 15 is 0 Å². The number of aliphatic hydroxyl groups is 1. The Morgan fingerprint density at radius 3 is 2.48 bits per heavy atom. The number of benzene rings is 2. The van der Waals surface area contributed by atoms with Gasteiger partial charge < -0.3 is 9.52 Å². The number of aromatic amines is 2. The van der Waals surface area contributed by atoms with Gasteiger partial charge in [0.15, 0.2) is 22.2 Å². The normalized spacial score (nSPS) is 19.8. The Morgan fingerprint density at radius 1 is 0.975 bits per heavy atom. The van der Waals surface area contributed by atoms with Crippen LogP contribution in [-0.4, -0.2) is 41.1 Å². The second kappa shape index (κ2) is 11.3. The summed E-state index contributed by atoms with van der Waals surface area (Å²) in [5, 5.41) is 29.4. The molecule has 1 aliphatic heterocycles. The Labute approximate surface area is 239 Å². The van der Waals surface area contributed by atoms with Crippen LogP contribution >= 0.6 is 33.6 Å². The molecule has 4 heterocycles. The molecule has 0 saturated heterocycles. The summed E-state index contributed by atoms with van der Waals surface area (Å²) < 4.78 is 6.23. The molecule has 2 atom stereocenters. The van der Waals surface area contributed by atoms with Gasteiger partial charge >= 0.3 is 0 Å². The lowest BCUT2D eigenvalue weighted by Gasteiger charge is -2.44. The molecule has 0 amide bonds. The van der Waals surface area contributed by atoms with Crippen LogP contribution in [0.3, 0.4) is 0 Å². The van der Waals surface area contributed by atoms with Gasteiger partial charge in [0, 0.05) is 21.1 Å². The highest BCUT2D eigenvalue weighted by atomic mass is 32.3. The predicted octanol–water partition coefficient (Wildman–Crippen LogP) is 5.83. The molecule has 0 spiro atoms. The number of carbonyl (C=O) groups is 1. The molecule has 3 N–H and O–H groups in total. The third-order valence-corrected chi connectivity index (χ3v) is 12.5. The van der Waals surface area contributed by atoms with Crippen LogP contribution in [0.2, 0.25) is 0 Å². The molecule has 12 heteroatoms. The van der Waals surface area contributed by atoms with Gasteiger partial charge in [-0.2, -0.15) is 5.10 Å². The summed E-state index contributed by atoms with van der Waals surface area (Å²) in [6.45, 7) is 0. The summed E-state index contributed by atoms with van der Waals surface area (Å²) in [6, 6.07) is 22.8. The molecule has 0 aliphatic carbocycles. The number of nitrogens with zero attached hydrogens (tertiary/aromatic N) is 4. The van der Waals surface area contributed by atoms with Gasteiger partial charge in [0.25, 0.3) is 0 Å². The number of thioether (sulfide) groups is 2. The number of H-pyrrole nitrogens is 2. The summed E-state index contributed by atoms with van der Waals surface area (Å²) >= 11 is 2.87. The van der Waals surface area contributed by atoms with E-state index < -0.39 is 15.0 Å². The summed E-state index contributed by atoms with van der Waals surface area (Å²) in [5.74, 6) is 2.54. The second-order valence-electron chi connectivity index (χ2n) is 8.76. The fourth-order valence-electron chi connectivity index (χ4n) is 4.42. The van der Waals surface area contributed by atoms with Crippen LogP contribution in [-0.2, 0) is 21.2 Å². The topological polar surface area (TPSA) is 134 Å². The fourth-order valence-corrected chi connectivity index (χ4v) is 10.2. The summed E-state index contributed by atoms with van der Waals surface area (Å²) in [4.78, 5) is 20.6. The number of furan rings is 1. The Bertz CT molecular complexity index is 1640. The van der Waals surface area contributed by atoms with Crippen molar-refractivity contribution in [2.45, 2.75) is 21.6 Å². The van der Waals surface area contributed by atoms with E-state index in [1.54, 1.807) is 23.8 Å². The van der Waals surface area contributed by atoms with Gasteiger partial charge in [0.2, 0.25) is 5.16 Å². The van der Waals surface area contributed by atoms with E-state index in [-0.39, 0.29) is 5.82 Å². The lowest BCUT2D eigenvalue weighted by molar-refractivity contribution is 0.169. The molecule has 6 rings (SSSR count). The number of carbonyl (C=O) groups excluding carboxylic acids is 1. The van der Waals surface area contributed by atoms with Crippen LogP contribution in [0.4, 0.5) is 0 Å². The molecule has 2 unspecified atom stereocenters. The van der Waals surface area contributed by atoms with Gasteiger partial charge in [-0.15, -0.1) is 16.9 Å². The maximum atomic E-state index is 13.4. The van der Waals surface area contributed by atoms with Crippen LogP contribution in [0, 0.1) is 0 Å². The van der Waals surface area contributed by atoms with Crippen molar-refractivity contribution in [2.75, 3.05) is 0 Å². The summed E-state index contributed by atoms with van der Waals surface area (Å²) in [5.41, 5.74) is 3.18. The van der Waals surface area contributed by atoms with Gasteiger partial charge in [0.1, 0.15) is 12.1 Å². The van der Waals surface area contributed by atoms with Gasteiger partial charge in [-0.05, 0) is 29.2 Å². The number of hydrogen-bond acceptors (Lipinski definition) is 9. The van der Waals surface area contributed by atoms with Gasteiger partial charge in [0.05, 0.1) is 12.0 Å². The Morgan fingerprint density at radius 2 is 1.77 bits per heavy atom. The average Bonchev–Trinajstić information content (AvgIpc) is 3.83. The molecule has 1 aliphatic rings. The zero-order chi connectivity index (χ0) is 27.4.